The van der Waals surface area contributed by atoms with E-state index in [1.54, 1.807) is 28.1 Å². The highest BCUT2D eigenvalue weighted by molar-refractivity contribution is 5.78. The molecule has 0 bridgehead atoms. The first-order valence-electron chi connectivity index (χ1n) is 8.59. The Bertz CT molecular complexity index is 678. The molecular formula is C17H22N6O2. The Hall–Kier alpha value is -2.82. The Labute approximate surface area is 147 Å². The maximum Gasteiger partial charge on any atom is 0.317 e. The van der Waals surface area contributed by atoms with E-state index in [-0.39, 0.29) is 11.9 Å². The molecular weight excluding hydrogens is 320 g/mol. The fourth-order valence-electron chi connectivity index (χ4n) is 3.21. The summed E-state index contributed by atoms with van der Waals surface area (Å²) in [7, 11) is 0. The minimum Gasteiger partial charge on any atom is -0.352 e. The maximum absolute atomic E-state index is 12.2. The second-order valence-corrected chi connectivity index (χ2v) is 6.18. The summed E-state index contributed by atoms with van der Waals surface area (Å²) < 4.78 is 0. The van der Waals surface area contributed by atoms with Crippen molar-refractivity contribution >= 4 is 17.8 Å². The van der Waals surface area contributed by atoms with Crippen LogP contribution in [0.3, 0.4) is 0 Å². The number of anilines is 1. The van der Waals surface area contributed by atoms with Crippen molar-refractivity contribution in [3.05, 3.63) is 23.9 Å². The zero-order valence-corrected chi connectivity index (χ0v) is 14.1. The molecule has 3 heterocycles. The molecule has 0 aliphatic carbocycles. The van der Waals surface area contributed by atoms with Gasteiger partial charge in [0.15, 0.2) is 0 Å². The first-order chi connectivity index (χ1) is 12.2. The van der Waals surface area contributed by atoms with E-state index in [1.165, 1.54) is 0 Å². The van der Waals surface area contributed by atoms with E-state index in [4.69, 9.17) is 0 Å². The second kappa shape index (κ2) is 7.83. The Morgan fingerprint density at radius 3 is 2.76 bits per heavy atom. The van der Waals surface area contributed by atoms with Crippen molar-refractivity contribution in [3.8, 4) is 6.07 Å². The van der Waals surface area contributed by atoms with Gasteiger partial charge in [0.05, 0.1) is 5.56 Å². The summed E-state index contributed by atoms with van der Waals surface area (Å²) in [6.45, 7) is 4.28. The quantitative estimate of drug-likeness (QED) is 0.855. The Kier molecular flexibility index (Phi) is 5.33. The number of likely N-dealkylation sites (tertiary alicyclic amines) is 1. The average Bonchev–Trinajstić information content (AvgIpc) is 3.06. The van der Waals surface area contributed by atoms with Crippen LogP contribution in [0.25, 0.3) is 0 Å². The smallest absolute Gasteiger partial charge is 0.317 e. The van der Waals surface area contributed by atoms with Crippen LogP contribution in [-0.4, -0.2) is 72.5 Å². The van der Waals surface area contributed by atoms with Gasteiger partial charge in [-0.3, -0.25) is 4.79 Å². The lowest BCUT2D eigenvalue weighted by Gasteiger charge is -2.35. The van der Waals surface area contributed by atoms with Gasteiger partial charge in [-0.1, -0.05) is 0 Å². The number of piperazine rings is 1. The third-order valence-electron chi connectivity index (χ3n) is 4.60. The molecule has 0 aromatic carbocycles. The molecule has 2 saturated heterocycles. The lowest BCUT2D eigenvalue weighted by Crippen LogP contribution is -2.53. The summed E-state index contributed by atoms with van der Waals surface area (Å²) in [5.41, 5.74) is 0.552. The second-order valence-electron chi connectivity index (χ2n) is 6.18. The molecule has 0 unspecified atom stereocenters. The molecule has 2 aliphatic rings. The van der Waals surface area contributed by atoms with Crippen molar-refractivity contribution in [1.29, 1.82) is 5.26 Å². The summed E-state index contributed by atoms with van der Waals surface area (Å²) in [5.74, 6) is 0.851. The molecule has 3 rings (SSSR count). The van der Waals surface area contributed by atoms with Crippen molar-refractivity contribution < 1.29 is 9.59 Å². The fourth-order valence-corrected chi connectivity index (χ4v) is 3.21. The number of hydrogen-bond donors (Lipinski definition) is 1. The summed E-state index contributed by atoms with van der Waals surface area (Å²) >= 11 is 0. The van der Waals surface area contributed by atoms with Crippen molar-refractivity contribution in [2.75, 3.05) is 50.7 Å². The third kappa shape index (κ3) is 3.99. The topological polar surface area (TPSA) is 92.6 Å². The number of aromatic nitrogens is 1. The number of nitrogens with zero attached hydrogens (tertiary/aromatic N) is 5. The van der Waals surface area contributed by atoms with Gasteiger partial charge >= 0.3 is 6.03 Å². The fraction of sp³-hybridized carbons (Fsp3) is 0.529. The number of urea groups is 1. The summed E-state index contributed by atoms with van der Waals surface area (Å²) in [6, 6.07) is 5.55. The number of carbonyl (C=O) groups is 2. The van der Waals surface area contributed by atoms with Crippen LogP contribution < -0.4 is 10.2 Å². The van der Waals surface area contributed by atoms with Gasteiger partial charge in [0.25, 0.3) is 0 Å². The molecule has 0 saturated carbocycles. The molecule has 0 radical (unpaired) electrons. The number of nitriles is 1. The number of amides is 3. The van der Waals surface area contributed by atoms with Crippen LogP contribution in [0.15, 0.2) is 18.3 Å². The number of hydrogen-bond acceptors (Lipinski definition) is 5. The highest BCUT2D eigenvalue weighted by atomic mass is 16.2. The Morgan fingerprint density at radius 1 is 1.28 bits per heavy atom. The van der Waals surface area contributed by atoms with Gasteiger partial charge in [-0.05, 0) is 18.6 Å². The SMILES string of the molecule is N#Cc1cccnc1N1CCN(C(=O)NCCN2CCCC2=O)CC1. The van der Waals surface area contributed by atoms with Crippen LogP contribution in [0.4, 0.5) is 10.6 Å². The number of nitrogens with one attached hydrogen (secondary N) is 1. The lowest BCUT2D eigenvalue weighted by atomic mass is 10.2. The largest absolute Gasteiger partial charge is 0.352 e. The van der Waals surface area contributed by atoms with Gasteiger partial charge in [-0.15, -0.1) is 0 Å². The molecule has 2 fully saturated rings. The minimum atomic E-state index is -0.104. The van der Waals surface area contributed by atoms with Gasteiger partial charge in [-0.25, -0.2) is 9.78 Å². The van der Waals surface area contributed by atoms with E-state index in [0.29, 0.717) is 57.1 Å². The number of rotatable bonds is 4. The molecule has 8 heteroatoms. The molecule has 1 N–H and O–H groups in total. The molecule has 1 aromatic heterocycles. The van der Waals surface area contributed by atoms with E-state index in [0.717, 1.165) is 13.0 Å². The van der Waals surface area contributed by atoms with Crippen LogP contribution in [0, 0.1) is 11.3 Å². The summed E-state index contributed by atoms with van der Waals surface area (Å²) in [5, 5.41) is 12.1. The van der Waals surface area contributed by atoms with E-state index in [2.05, 4.69) is 16.4 Å². The zero-order valence-electron chi connectivity index (χ0n) is 14.1. The van der Waals surface area contributed by atoms with Gasteiger partial charge < -0.3 is 20.0 Å². The average molecular weight is 342 g/mol. The first-order valence-corrected chi connectivity index (χ1v) is 8.59. The highest BCUT2D eigenvalue weighted by Gasteiger charge is 2.24. The van der Waals surface area contributed by atoms with Crippen LogP contribution in [0.5, 0.6) is 0 Å². The van der Waals surface area contributed by atoms with Crippen molar-refractivity contribution in [3.63, 3.8) is 0 Å². The van der Waals surface area contributed by atoms with Crippen LogP contribution >= 0.6 is 0 Å². The summed E-state index contributed by atoms with van der Waals surface area (Å²) in [4.78, 5) is 33.7. The molecule has 25 heavy (non-hydrogen) atoms. The molecule has 2 aliphatic heterocycles. The summed E-state index contributed by atoms with van der Waals surface area (Å²) in [6.07, 6.45) is 3.20. The minimum absolute atomic E-state index is 0.104. The van der Waals surface area contributed by atoms with Crippen molar-refractivity contribution in [2.45, 2.75) is 12.8 Å². The van der Waals surface area contributed by atoms with Gasteiger partial charge in [-0.2, -0.15) is 5.26 Å². The van der Waals surface area contributed by atoms with Gasteiger partial charge in [0.2, 0.25) is 5.91 Å². The molecule has 3 amide bonds. The maximum atomic E-state index is 12.2. The van der Waals surface area contributed by atoms with E-state index in [1.807, 2.05) is 4.90 Å². The van der Waals surface area contributed by atoms with Gasteiger partial charge in [0, 0.05) is 58.4 Å². The molecule has 1 aromatic rings. The predicted octanol–water partition coefficient (Wildman–Crippen LogP) is 0.407. The Balaban J connectivity index is 1.44. The Morgan fingerprint density at radius 2 is 2.08 bits per heavy atom. The van der Waals surface area contributed by atoms with Gasteiger partial charge in [0.1, 0.15) is 11.9 Å². The van der Waals surface area contributed by atoms with Crippen molar-refractivity contribution in [2.24, 2.45) is 0 Å². The highest BCUT2D eigenvalue weighted by Crippen LogP contribution is 2.18. The zero-order chi connectivity index (χ0) is 17.6. The number of pyridine rings is 1. The normalized spacial score (nSPS) is 17.6. The molecule has 0 spiro atoms. The van der Waals surface area contributed by atoms with Crippen LogP contribution in [0.2, 0.25) is 0 Å². The first kappa shape index (κ1) is 17.0. The lowest BCUT2D eigenvalue weighted by molar-refractivity contribution is -0.127. The molecule has 132 valence electrons. The van der Waals surface area contributed by atoms with E-state index >= 15 is 0 Å². The number of carbonyl (C=O) groups excluding carboxylic acids is 2. The van der Waals surface area contributed by atoms with Crippen LogP contribution in [-0.2, 0) is 4.79 Å². The molecule has 0 atom stereocenters. The van der Waals surface area contributed by atoms with Crippen LogP contribution in [0.1, 0.15) is 18.4 Å². The standard InChI is InChI=1S/C17H22N6O2/c18-13-14-3-1-5-19-16(14)22-9-11-23(12-10-22)17(25)20-6-8-21-7-2-4-15(21)24/h1,3,5H,2,4,6-12H2,(H,20,25). The third-order valence-corrected chi connectivity index (χ3v) is 4.60. The van der Waals surface area contributed by atoms with E-state index in [9.17, 15) is 14.9 Å². The monoisotopic (exact) mass is 342 g/mol. The predicted molar refractivity (Wildman–Crippen MR) is 92.0 cm³/mol. The van der Waals surface area contributed by atoms with Crippen molar-refractivity contribution in [1.82, 2.24) is 20.1 Å². The van der Waals surface area contributed by atoms with E-state index < -0.39 is 0 Å². The molecule has 8 nitrogen and oxygen atoms in total.